The van der Waals surface area contributed by atoms with Gasteiger partial charge in [0.1, 0.15) is 0 Å². The number of hydrogen-bond donors (Lipinski definition) is 1. The van der Waals surface area contributed by atoms with Crippen LogP contribution in [0.1, 0.15) is 30.8 Å². The van der Waals surface area contributed by atoms with Crippen LogP contribution in [0.25, 0.3) is 11.4 Å². The summed E-state index contributed by atoms with van der Waals surface area (Å²) in [5.41, 5.74) is 2.15. The van der Waals surface area contributed by atoms with Crippen LogP contribution in [0.2, 0.25) is 0 Å². The van der Waals surface area contributed by atoms with Gasteiger partial charge in [-0.2, -0.15) is 4.98 Å². The van der Waals surface area contributed by atoms with Crippen LogP contribution < -0.4 is 5.32 Å². The molecule has 0 spiro atoms. The molecule has 1 aromatic heterocycles. The van der Waals surface area contributed by atoms with Crippen molar-refractivity contribution in [2.45, 2.75) is 26.3 Å². The Kier molecular flexibility index (Phi) is 6.10. The van der Waals surface area contributed by atoms with E-state index in [0.29, 0.717) is 18.3 Å². The normalized spacial score (nSPS) is 19.3. The number of amides is 3. The van der Waals surface area contributed by atoms with Crippen molar-refractivity contribution in [3.63, 3.8) is 0 Å². The van der Waals surface area contributed by atoms with E-state index in [0.717, 1.165) is 44.7 Å². The van der Waals surface area contributed by atoms with Gasteiger partial charge in [0, 0.05) is 38.3 Å². The summed E-state index contributed by atoms with van der Waals surface area (Å²) in [6.07, 6.45) is 0.790. The number of nitrogens with zero attached hydrogens (tertiary/aromatic N) is 5. The molecular formula is C21H28N6O3. The maximum absolute atomic E-state index is 11.6. The summed E-state index contributed by atoms with van der Waals surface area (Å²) in [4.78, 5) is 33.8. The first-order valence-electron chi connectivity index (χ1n) is 10.5. The fraction of sp³-hybridized carbons (Fsp3) is 0.524. The van der Waals surface area contributed by atoms with Crippen molar-refractivity contribution in [2.75, 3.05) is 45.8 Å². The van der Waals surface area contributed by atoms with Crippen LogP contribution in [0.15, 0.2) is 28.8 Å². The van der Waals surface area contributed by atoms with Crippen molar-refractivity contribution in [1.82, 2.24) is 30.2 Å². The number of aromatic nitrogens is 2. The van der Waals surface area contributed by atoms with Gasteiger partial charge >= 0.3 is 6.03 Å². The molecule has 2 saturated heterocycles. The van der Waals surface area contributed by atoms with Crippen molar-refractivity contribution >= 4 is 11.9 Å². The Morgan fingerprint density at radius 1 is 1.10 bits per heavy atom. The molecule has 3 amide bonds. The largest absolute Gasteiger partial charge is 0.337 e. The van der Waals surface area contributed by atoms with Crippen LogP contribution in [0.5, 0.6) is 0 Å². The number of piperazine rings is 1. The van der Waals surface area contributed by atoms with E-state index in [2.05, 4.69) is 39.1 Å². The van der Waals surface area contributed by atoms with Crippen molar-refractivity contribution in [2.24, 2.45) is 0 Å². The standard InChI is InChI=1S/C21H28N6O3/c1-15-4-6-17(7-5-15)19-23-20(30-24-19)16(2)26-12-10-25(11-13-26)8-3-9-27-18(28)14-22-21(27)29/h4-7,16H,3,8-14H2,1-2H3,(H,22,29). The van der Waals surface area contributed by atoms with Gasteiger partial charge in [0.05, 0.1) is 12.6 Å². The number of aryl methyl sites for hydroxylation is 1. The lowest BCUT2D eigenvalue weighted by molar-refractivity contribution is -0.125. The van der Waals surface area contributed by atoms with Crippen LogP contribution in [0.4, 0.5) is 4.79 Å². The molecule has 0 aliphatic carbocycles. The molecule has 160 valence electrons. The Labute approximate surface area is 176 Å². The molecule has 2 aliphatic heterocycles. The van der Waals surface area contributed by atoms with E-state index in [1.807, 2.05) is 24.3 Å². The number of benzene rings is 1. The van der Waals surface area contributed by atoms with Gasteiger partial charge in [-0.05, 0) is 26.8 Å². The zero-order valence-electron chi connectivity index (χ0n) is 17.5. The third-order valence-corrected chi connectivity index (χ3v) is 5.86. The Morgan fingerprint density at radius 3 is 2.50 bits per heavy atom. The predicted octanol–water partition coefficient (Wildman–Crippen LogP) is 1.67. The number of imide groups is 1. The van der Waals surface area contributed by atoms with E-state index < -0.39 is 0 Å². The maximum Gasteiger partial charge on any atom is 0.324 e. The summed E-state index contributed by atoms with van der Waals surface area (Å²) in [5.74, 6) is 1.12. The molecule has 1 aromatic carbocycles. The highest BCUT2D eigenvalue weighted by Gasteiger charge is 2.29. The molecular weight excluding hydrogens is 384 g/mol. The first kappa shape index (κ1) is 20.5. The van der Waals surface area contributed by atoms with E-state index in [9.17, 15) is 9.59 Å². The van der Waals surface area contributed by atoms with Crippen molar-refractivity contribution in [3.8, 4) is 11.4 Å². The molecule has 9 heteroatoms. The molecule has 2 aromatic rings. The van der Waals surface area contributed by atoms with Gasteiger partial charge in [0.15, 0.2) is 0 Å². The summed E-state index contributed by atoms with van der Waals surface area (Å²) in [6, 6.07) is 7.88. The van der Waals surface area contributed by atoms with Gasteiger partial charge < -0.3 is 14.7 Å². The number of rotatable bonds is 7. The van der Waals surface area contributed by atoms with Crippen molar-refractivity contribution in [1.29, 1.82) is 0 Å². The van der Waals surface area contributed by atoms with Gasteiger partial charge in [-0.3, -0.25) is 14.6 Å². The lowest BCUT2D eigenvalue weighted by Gasteiger charge is -2.36. The molecule has 2 fully saturated rings. The maximum atomic E-state index is 11.6. The number of urea groups is 1. The molecule has 4 rings (SSSR count). The Bertz CT molecular complexity index is 872. The summed E-state index contributed by atoms with van der Waals surface area (Å²) >= 11 is 0. The predicted molar refractivity (Wildman–Crippen MR) is 111 cm³/mol. The summed E-state index contributed by atoms with van der Waals surface area (Å²) in [6.45, 7) is 9.31. The van der Waals surface area contributed by atoms with Gasteiger partial charge in [0.2, 0.25) is 17.6 Å². The lowest BCUT2D eigenvalue weighted by Crippen LogP contribution is -2.47. The van der Waals surface area contributed by atoms with E-state index in [1.54, 1.807) is 0 Å². The van der Waals surface area contributed by atoms with E-state index >= 15 is 0 Å². The third kappa shape index (κ3) is 4.52. The van der Waals surface area contributed by atoms with Crippen molar-refractivity contribution in [3.05, 3.63) is 35.7 Å². The molecule has 0 bridgehead atoms. The van der Waals surface area contributed by atoms with Gasteiger partial charge in [-0.1, -0.05) is 35.0 Å². The minimum Gasteiger partial charge on any atom is -0.337 e. The summed E-state index contributed by atoms with van der Waals surface area (Å²) in [7, 11) is 0. The highest BCUT2D eigenvalue weighted by molar-refractivity contribution is 6.01. The first-order valence-corrected chi connectivity index (χ1v) is 10.5. The smallest absolute Gasteiger partial charge is 0.324 e. The van der Waals surface area contributed by atoms with E-state index in [-0.39, 0.29) is 24.5 Å². The second-order valence-electron chi connectivity index (χ2n) is 7.93. The molecule has 9 nitrogen and oxygen atoms in total. The third-order valence-electron chi connectivity index (χ3n) is 5.86. The Hall–Kier alpha value is -2.78. The minimum absolute atomic E-state index is 0.0600. The van der Waals surface area contributed by atoms with Crippen LogP contribution >= 0.6 is 0 Å². The highest BCUT2D eigenvalue weighted by atomic mass is 16.5. The second-order valence-corrected chi connectivity index (χ2v) is 7.93. The minimum atomic E-state index is -0.275. The summed E-state index contributed by atoms with van der Waals surface area (Å²) < 4.78 is 5.54. The van der Waals surface area contributed by atoms with Gasteiger partial charge in [-0.25, -0.2) is 4.79 Å². The van der Waals surface area contributed by atoms with Crippen molar-refractivity contribution < 1.29 is 14.1 Å². The number of carbonyl (C=O) groups excluding carboxylic acids is 2. The van der Waals surface area contributed by atoms with Crippen LogP contribution in [-0.2, 0) is 4.79 Å². The van der Waals surface area contributed by atoms with Crippen LogP contribution in [0.3, 0.4) is 0 Å². The molecule has 1 atom stereocenters. The Morgan fingerprint density at radius 2 is 1.83 bits per heavy atom. The molecule has 1 unspecified atom stereocenters. The highest BCUT2D eigenvalue weighted by Crippen LogP contribution is 2.23. The topological polar surface area (TPSA) is 94.8 Å². The molecule has 0 saturated carbocycles. The van der Waals surface area contributed by atoms with Crippen LogP contribution in [0, 0.1) is 6.92 Å². The zero-order chi connectivity index (χ0) is 21.1. The second kappa shape index (κ2) is 8.93. The monoisotopic (exact) mass is 412 g/mol. The molecule has 30 heavy (non-hydrogen) atoms. The average Bonchev–Trinajstić information content (AvgIpc) is 3.37. The SMILES string of the molecule is Cc1ccc(-c2noc(C(C)N3CCN(CCCN4C(=O)CNC4=O)CC3)n2)cc1. The van der Waals surface area contributed by atoms with E-state index in [4.69, 9.17) is 4.52 Å². The first-order chi connectivity index (χ1) is 14.5. The van der Waals surface area contributed by atoms with E-state index in [1.165, 1.54) is 10.5 Å². The molecule has 0 radical (unpaired) electrons. The number of carbonyl (C=O) groups is 2. The molecule has 1 N–H and O–H groups in total. The Balaban J connectivity index is 1.24. The number of nitrogens with one attached hydrogen (secondary N) is 1. The zero-order valence-corrected chi connectivity index (χ0v) is 17.5. The average molecular weight is 412 g/mol. The summed E-state index contributed by atoms with van der Waals surface area (Å²) in [5, 5.41) is 6.70. The quantitative estimate of drug-likeness (QED) is 0.691. The molecule has 3 heterocycles. The fourth-order valence-electron chi connectivity index (χ4n) is 3.89. The number of hydrogen-bond acceptors (Lipinski definition) is 7. The molecule has 2 aliphatic rings. The lowest BCUT2D eigenvalue weighted by atomic mass is 10.1. The van der Waals surface area contributed by atoms with Gasteiger partial charge in [0.25, 0.3) is 0 Å². The van der Waals surface area contributed by atoms with Gasteiger partial charge in [-0.15, -0.1) is 0 Å². The van der Waals surface area contributed by atoms with Crippen LogP contribution in [-0.4, -0.2) is 82.6 Å². The fourth-order valence-corrected chi connectivity index (χ4v) is 3.89.